The van der Waals surface area contributed by atoms with Crippen molar-refractivity contribution in [1.82, 2.24) is 10.2 Å². The second kappa shape index (κ2) is 11.7. The van der Waals surface area contributed by atoms with Crippen molar-refractivity contribution in [2.24, 2.45) is 10.9 Å². The van der Waals surface area contributed by atoms with Crippen LogP contribution in [0.15, 0.2) is 29.3 Å². The first kappa shape index (κ1) is 21.2. The van der Waals surface area contributed by atoms with E-state index in [0.717, 1.165) is 38.6 Å². The molecule has 0 saturated carbocycles. The van der Waals surface area contributed by atoms with Crippen molar-refractivity contribution in [3.63, 3.8) is 0 Å². The monoisotopic (exact) mass is 447 g/mol. The van der Waals surface area contributed by atoms with E-state index in [1.807, 2.05) is 7.05 Å². The number of benzene rings is 1. The lowest BCUT2D eigenvalue weighted by molar-refractivity contribution is 0.0536. The van der Waals surface area contributed by atoms with Crippen molar-refractivity contribution in [2.45, 2.75) is 19.9 Å². The maximum Gasteiger partial charge on any atom is 0.193 e. The smallest absolute Gasteiger partial charge is 0.193 e. The van der Waals surface area contributed by atoms with Gasteiger partial charge in [-0.25, -0.2) is 0 Å². The largest absolute Gasteiger partial charge is 0.382 e. The summed E-state index contributed by atoms with van der Waals surface area (Å²) in [5, 5.41) is 3.46. The quantitative estimate of drug-likeness (QED) is 0.302. The highest BCUT2D eigenvalue weighted by atomic mass is 127. The molecule has 6 heteroatoms. The zero-order chi connectivity index (χ0) is 16.5. The molecule has 2 rings (SSSR count). The van der Waals surface area contributed by atoms with Gasteiger partial charge in [-0.3, -0.25) is 4.99 Å². The van der Waals surface area contributed by atoms with Crippen LogP contribution in [0.25, 0.3) is 0 Å². The number of aryl methyl sites for hydroxylation is 1. The van der Waals surface area contributed by atoms with Gasteiger partial charge in [-0.15, -0.1) is 24.0 Å². The van der Waals surface area contributed by atoms with Crippen LogP contribution in [0, 0.1) is 12.8 Å². The van der Waals surface area contributed by atoms with Crippen molar-refractivity contribution in [1.29, 1.82) is 0 Å². The second-order valence-electron chi connectivity index (χ2n) is 6.05. The molecule has 1 fully saturated rings. The molecule has 1 atom stereocenters. The van der Waals surface area contributed by atoms with E-state index in [2.05, 4.69) is 46.4 Å². The van der Waals surface area contributed by atoms with Gasteiger partial charge in [0.15, 0.2) is 5.96 Å². The molecule has 1 heterocycles. The summed E-state index contributed by atoms with van der Waals surface area (Å²) in [6.07, 6.45) is 1.15. The lowest BCUT2D eigenvalue weighted by Gasteiger charge is -2.22. The van der Waals surface area contributed by atoms with E-state index in [1.165, 1.54) is 11.1 Å². The van der Waals surface area contributed by atoms with E-state index in [1.54, 1.807) is 7.11 Å². The summed E-state index contributed by atoms with van der Waals surface area (Å²) in [4.78, 5) is 6.74. The van der Waals surface area contributed by atoms with Gasteiger partial charge in [-0.05, 0) is 18.9 Å². The number of ether oxygens (including phenoxy) is 2. The number of aliphatic imine (C=N–C) groups is 1. The summed E-state index contributed by atoms with van der Waals surface area (Å²) in [5.41, 5.74) is 2.56. The summed E-state index contributed by atoms with van der Waals surface area (Å²) in [7, 11) is 3.55. The third-order valence-electron chi connectivity index (χ3n) is 4.15. The molecule has 24 heavy (non-hydrogen) atoms. The van der Waals surface area contributed by atoms with E-state index in [-0.39, 0.29) is 24.0 Å². The van der Waals surface area contributed by atoms with Gasteiger partial charge in [0.25, 0.3) is 0 Å². The van der Waals surface area contributed by atoms with Crippen LogP contribution in [0.1, 0.15) is 17.5 Å². The predicted molar refractivity (Wildman–Crippen MR) is 109 cm³/mol. The number of guanidine groups is 1. The van der Waals surface area contributed by atoms with Gasteiger partial charge in [-0.2, -0.15) is 0 Å². The Hall–Kier alpha value is -0.860. The minimum Gasteiger partial charge on any atom is -0.382 e. The van der Waals surface area contributed by atoms with E-state index in [0.29, 0.717) is 19.1 Å². The Kier molecular flexibility index (Phi) is 10.3. The number of nitrogens with one attached hydrogen (secondary N) is 1. The Balaban J connectivity index is 0.00000288. The predicted octanol–water partition coefficient (Wildman–Crippen LogP) is 2.67. The lowest BCUT2D eigenvalue weighted by Crippen LogP contribution is -2.39. The van der Waals surface area contributed by atoms with Crippen LogP contribution >= 0.6 is 24.0 Å². The Morgan fingerprint density at radius 1 is 1.29 bits per heavy atom. The van der Waals surface area contributed by atoms with E-state index < -0.39 is 0 Å². The Morgan fingerprint density at radius 2 is 2.04 bits per heavy atom. The SMILES string of the molecule is CN=C(NCc1ccc(C)cc1)N1CCC(COCCOC)C1.I. The molecule has 0 spiro atoms. The first-order valence-electron chi connectivity index (χ1n) is 8.30. The Labute approximate surface area is 162 Å². The van der Waals surface area contributed by atoms with Crippen LogP contribution in [0.5, 0.6) is 0 Å². The van der Waals surface area contributed by atoms with Crippen molar-refractivity contribution < 1.29 is 9.47 Å². The highest BCUT2D eigenvalue weighted by Crippen LogP contribution is 2.16. The topological polar surface area (TPSA) is 46.1 Å². The summed E-state index contributed by atoms with van der Waals surface area (Å²) in [6.45, 7) is 7.08. The number of hydrogen-bond donors (Lipinski definition) is 1. The molecule has 0 radical (unpaired) electrons. The number of rotatable bonds is 7. The third kappa shape index (κ3) is 6.94. The average Bonchev–Trinajstić information content (AvgIpc) is 3.03. The number of hydrogen-bond acceptors (Lipinski definition) is 3. The molecular weight excluding hydrogens is 417 g/mol. The fraction of sp³-hybridized carbons (Fsp3) is 0.611. The highest BCUT2D eigenvalue weighted by Gasteiger charge is 2.24. The molecule has 1 aromatic carbocycles. The number of methoxy groups -OCH3 is 1. The van der Waals surface area contributed by atoms with E-state index >= 15 is 0 Å². The number of likely N-dealkylation sites (tertiary alicyclic amines) is 1. The van der Waals surface area contributed by atoms with Crippen LogP contribution in [0.2, 0.25) is 0 Å². The fourth-order valence-corrected chi connectivity index (χ4v) is 2.77. The van der Waals surface area contributed by atoms with Crippen molar-refractivity contribution >= 4 is 29.9 Å². The van der Waals surface area contributed by atoms with Gasteiger partial charge >= 0.3 is 0 Å². The van der Waals surface area contributed by atoms with Crippen molar-refractivity contribution in [3.05, 3.63) is 35.4 Å². The van der Waals surface area contributed by atoms with Crippen LogP contribution in [-0.4, -0.2) is 57.9 Å². The first-order chi connectivity index (χ1) is 11.2. The van der Waals surface area contributed by atoms with E-state index in [9.17, 15) is 0 Å². The molecule has 1 unspecified atom stereocenters. The average molecular weight is 447 g/mol. The van der Waals surface area contributed by atoms with Crippen LogP contribution < -0.4 is 5.32 Å². The molecule has 1 aliphatic heterocycles. The minimum atomic E-state index is 0. The van der Waals surface area contributed by atoms with Gasteiger partial charge < -0.3 is 19.7 Å². The summed E-state index contributed by atoms with van der Waals surface area (Å²) in [6, 6.07) is 8.60. The maximum atomic E-state index is 5.65. The number of halogens is 1. The minimum absolute atomic E-state index is 0. The van der Waals surface area contributed by atoms with Gasteiger partial charge in [0.05, 0.1) is 19.8 Å². The van der Waals surface area contributed by atoms with Gasteiger partial charge in [0.1, 0.15) is 0 Å². The van der Waals surface area contributed by atoms with Crippen LogP contribution in [-0.2, 0) is 16.0 Å². The molecule has 0 amide bonds. The number of nitrogens with zero attached hydrogens (tertiary/aromatic N) is 2. The maximum absolute atomic E-state index is 5.65. The molecule has 1 N–H and O–H groups in total. The summed E-state index contributed by atoms with van der Waals surface area (Å²) in [5.74, 6) is 1.55. The normalized spacial score (nSPS) is 17.7. The van der Waals surface area contributed by atoms with Crippen LogP contribution in [0.4, 0.5) is 0 Å². The lowest BCUT2D eigenvalue weighted by atomic mass is 10.1. The van der Waals surface area contributed by atoms with Gasteiger partial charge in [0, 0.05) is 39.7 Å². The highest BCUT2D eigenvalue weighted by molar-refractivity contribution is 14.0. The van der Waals surface area contributed by atoms with Gasteiger partial charge in [0.2, 0.25) is 0 Å². The zero-order valence-corrected chi connectivity index (χ0v) is 17.3. The van der Waals surface area contributed by atoms with Crippen molar-refractivity contribution in [2.75, 3.05) is 47.1 Å². The molecule has 136 valence electrons. The van der Waals surface area contributed by atoms with Crippen LogP contribution in [0.3, 0.4) is 0 Å². The van der Waals surface area contributed by atoms with Gasteiger partial charge in [-0.1, -0.05) is 29.8 Å². The fourth-order valence-electron chi connectivity index (χ4n) is 2.77. The standard InChI is InChI=1S/C18H29N3O2.HI/c1-15-4-6-16(7-5-15)12-20-18(19-2)21-9-8-17(13-21)14-23-11-10-22-3;/h4-7,17H,8-14H2,1-3H3,(H,19,20);1H. The molecule has 0 aliphatic carbocycles. The molecule has 1 aliphatic rings. The second-order valence-corrected chi connectivity index (χ2v) is 6.05. The summed E-state index contributed by atoms with van der Waals surface area (Å²) < 4.78 is 10.6. The van der Waals surface area contributed by atoms with E-state index in [4.69, 9.17) is 9.47 Å². The third-order valence-corrected chi connectivity index (χ3v) is 4.15. The molecule has 1 aromatic rings. The molecule has 5 nitrogen and oxygen atoms in total. The molecule has 0 aromatic heterocycles. The molecule has 0 bridgehead atoms. The zero-order valence-electron chi connectivity index (χ0n) is 15.0. The van der Waals surface area contributed by atoms with Crippen molar-refractivity contribution in [3.8, 4) is 0 Å². The summed E-state index contributed by atoms with van der Waals surface area (Å²) >= 11 is 0. The first-order valence-corrected chi connectivity index (χ1v) is 8.30. The Morgan fingerprint density at radius 3 is 2.71 bits per heavy atom. The molecular formula is C18H30IN3O2. The molecule has 1 saturated heterocycles. The Bertz CT molecular complexity index is 494.